The van der Waals surface area contributed by atoms with Gasteiger partial charge in [0, 0.05) is 11.3 Å². The molecule has 3 aromatic rings. The molecule has 2 aromatic heterocycles. The fourth-order valence-electron chi connectivity index (χ4n) is 3.79. The van der Waals surface area contributed by atoms with Crippen molar-refractivity contribution < 1.29 is 4.79 Å². The Morgan fingerprint density at radius 1 is 1.29 bits per heavy atom. The number of H-pyrrole nitrogens is 1. The third kappa shape index (κ3) is 3.35. The quantitative estimate of drug-likeness (QED) is 0.730. The van der Waals surface area contributed by atoms with Gasteiger partial charge in [0.05, 0.1) is 24.5 Å². The van der Waals surface area contributed by atoms with Crippen molar-refractivity contribution in [1.29, 1.82) is 0 Å². The summed E-state index contributed by atoms with van der Waals surface area (Å²) in [5.41, 5.74) is 4.30. The number of carbonyl (C=O) groups is 1. The summed E-state index contributed by atoms with van der Waals surface area (Å²) in [6.07, 6.45) is 4.57. The molecular formula is C21H23N5O2. The van der Waals surface area contributed by atoms with E-state index in [1.165, 1.54) is 5.56 Å². The van der Waals surface area contributed by atoms with Crippen molar-refractivity contribution in [2.24, 2.45) is 0 Å². The number of aromatic amines is 1. The lowest BCUT2D eigenvalue weighted by molar-refractivity contribution is 0.0930. The van der Waals surface area contributed by atoms with Gasteiger partial charge < -0.3 is 5.32 Å². The summed E-state index contributed by atoms with van der Waals surface area (Å²) in [5.74, 6) is -0.363. The normalized spacial score (nSPS) is 15.9. The Kier molecular flexibility index (Phi) is 4.81. The molecule has 1 aliphatic rings. The number of amides is 1. The molecule has 1 unspecified atom stereocenters. The van der Waals surface area contributed by atoms with Crippen molar-refractivity contribution in [3.63, 3.8) is 0 Å². The molecule has 0 aliphatic heterocycles. The zero-order valence-corrected chi connectivity index (χ0v) is 16.0. The molecule has 1 amide bonds. The zero-order chi connectivity index (χ0) is 19.7. The molecule has 0 fully saturated rings. The first-order valence-electron chi connectivity index (χ1n) is 9.50. The largest absolute Gasteiger partial charge is 0.345 e. The molecule has 7 nitrogen and oxygen atoms in total. The van der Waals surface area contributed by atoms with Gasteiger partial charge >= 0.3 is 0 Å². The van der Waals surface area contributed by atoms with E-state index in [4.69, 9.17) is 0 Å². The number of fused-ring (bicyclic) bond motifs is 1. The number of nitrogens with zero attached hydrogens (tertiary/aromatic N) is 3. The third-order valence-electron chi connectivity index (χ3n) is 5.44. The predicted octanol–water partition coefficient (Wildman–Crippen LogP) is 2.44. The van der Waals surface area contributed by atoms with Crippen molar-refractivity contribution in [1.82, 2.24) is 25.3 Å². The van der Waals surface area contributed by atoms with Crippen LogP contribution in [0.25, 0.3) is 0 Å². The van der Waals surface area contributed by atoms with Crippen LogP contribution in [0.4, 0.5) is 0 Å². The average Bonchev–Trinajstić information content (AvgIpc) is 3.10. The summed E-state index contributed by atoms with van der Waals surface area (Å²) < 4.78 is 2.01. The maximum atomic E-state index is 12.8. The van der Waals surface area contributed by atoms with Crippen molar-refractivity contribution in [3.05, 3.63) is 80.5 Å². The maximum absolute atomic E-state index is 12.8. The summed E-state index contributed by atoms with van der Waals surface area (Å²) in [7, 11) is 0. The number of hydrogen-bond acceptors (Lipinski definition) is 4. The van der Waals surface area contributed by atoms with Gasteiger partial charge in [-0.3, -0.25) is 14.3 Å². The van der Waals surface area contributed by atoms with Crippen LogP contribution in [0.1, 0.15) is 57.3 Å². The van der Waals surface area contributed by atoms with Crippen LogP contribution >= 0.6 is 0 Å². The molecule has 0 saturated heterocycles. The van der Waals surface area contributed by atoms with Crippen LogP contribution in [0, 0.1) is 13.8 Å². The molecular weight excluding hydrogens is 354 g/mol. The van der Waals surface area contributed by atoms with Crippen molar-refractivity contribution in [2.45, 2.75) is 45.7 Å². The fourth-order valence-corrected chi connectivity index (χ4v) is 3.79. The minimum absolute atomic E-state index is 0.135. The van der Waals surface area contributed by atoms with E-state index in [-0.39, 0.29) is 17.5 Å². The highest BCUT2D eigenvalue weighted by Gasteiger charge is 2.27. The molecule has 1 aromatic carbocycles. The second-order valence-electron chi connectivity index (χ2n) is 7.25. The molecule has 0 spiro atoms. The van der Waals surface area contributed by atoms with Gasteiger partial charge in [0.25, 0.3) is 11.5 Å². The summed E-state index contributed by atoms with van der Waals surface area (Å²) in [6.45, 7) is 4.23. The van der Waals surface area contributed by atoms with E-state index in [9.17, 15) is 9.59 Å². The first-order valence-corrected chi connectivity index (χ1v) is 9.50. The Balaban J connectivity index is 1.58. The van der Waals surface area contributed by atoms with Crippen LogP contribution in [0.2, 0.25) is 0 Å². The topological polar surface area (TPSA) is 92.7 Å². The Bertz CT molecular complexity index is 1070. The number of aryl methyl sites for hydroxylation is 1. The van der Waals surface area contributed by atoms with E-state index in [1.54, 1.807) is 13.8 Å². The van der Waals surface area contributed by atoms with E-state index >= 15 is 0 Å². The van der Waals surface area contributed by atoms with Crippen LogP contribution in [-0.4, -0.2) is 25.9 Å². The molecule has 28 heavy (non-hydrogen) atoms. The minimum Gasteiger partial charge on any atom is -0.345 e. The number of nitrogens with one attached hydrogen (secondary N) is 2. The van der Waals surface area contributed by atoms with Crippen molar-refractivity contribution in [3.8, 4) is 0 Å². The van der Waals surface area contributed by atoms with E-state index < -0.39 is 5.56 Å². The molecule has 144 valence electrons. The molecule has 1 aliphatic carbocycles. The van der Waals surface area contributed by atoms with E-state index in [2.05, 4.69) is 32.7 Å². The SMILES string of the molecule is Cc1n[nH]c(=O)c(C(=O)NC2CCCc3c2cnn3Cc2ccccc2)c1C. The number of benzene rings is 1. The van der Waals surface area contributed by atoms with Gasteiger partial charge in [-0.05, 0) is 44.2 Å². The third-order valence-corrected chi connectivity index (χ3v) is 5.44. The van der Waals surface area contributed by atoms with Gasteiger partial charge in [0.15, 0.2) is 0 Å². The monoisotopic (exact) mass is 377 g/mol. The van der Waals surface area contributed by atoms with Gasteiger partial charge in [-0.2, -0.15) is 10.2 Å². The van der Waals surface area contributed by atoms with Gasteiger partial charge in [0.2, 0.25) is 0 Å². The highest BCUT2D eigenvalue weighted by molar-refractivity contribution is 5.95. The number of carbonyl (C=O) groups excluding carboxylic acids is 1. The Morgan fingerprint density at radius 2 is 2.07 bits per heavy atom. The van der Waals surface area contributed by atoms with E-state index in [0.29, 0.717) is 17.8 Å². The average molecular weight is 377 g/mol. The second-order valence-corrected chi connectivity index (χ2v) is 7.25. The van der Waals surface area contributed by atoms with Gasteiger partial charge in [-0.15, -0.1) is 0 Å². The van der Waals surface area contributed by atoms with Gasteiger partial charge in [-0.1, -0.05) is 30.3 Å². The highest BCUT2D eigenvalue weighted by atomic mass is 16.2. The van der Waals surface area contributed by atoms with Crippen molar-refractivity contribution in [2.75, 3.05) is 0 Å². The van der Waals surface area contributed by atoms with Crippen LogP contribution < -0.4 is 10.9 Å². The minimum atomic E-state index is -0.462. The molecule has 0 saturated carbocycles. The first-order chi connectivity index (χ1) is 13.5. The second kappa shape index (κ2) is 7.42. The summed E-state index contributed by atoms with van der Waals surface area (Å²) in [6, 6.07) is 10.1. The Hall–Kier alpha value is -3.22. The van der Waals surface area contributed by atoms with Gasteiger partial charge in [-0.25, -0.2) is 5.10 Å². The molecule has 4 rings (SSSR count). The Labute approximate surface area is 162 Å². The summed E-state index contributed by atoms with van der Waals surface area (Å²) in [5, 5.41) is 13.9. The van der Waals surface area contributed by atoms with Crippen LogP contribution in [0.15, 0.2) is 41.3 Å². The molecule has 2 heterocycles. The van der Waals surface area contributed by atoms with Crippen LogP contribution in [0.5, 0.6) is 0 Å². The predicted molar refractivity (Wildman–Crippen MR) is 105 cm³/mol. The Morgan fingerprint density at radius 3 is 2.86 bits per heavy atom. The molecule has 1 atom stereocenters. The lowest BCUT2D eigenvalue weighted by Crippen LogP contribution is -2.35. The van der Waals surface area contributed by atoms with Crippen molar-refractivity contribution >= 4 is 5.91 Å². The van der Waals surface area contributed by atoms with E-state index in [0.717, 1.165) is 30.5 Å². The molecule has 2 N–H and O–H groups in total. The maximum Gasteiger partial charge on any atom is 0.277 e. The zero-order valence-electron chi connectivity index (χ0n) is 16.0. The first kappa shape index (κ1) is 18.2. The molecule has 7 heteroatoms. The lowest BCUT2D eigenvalue weighted by atomic mass is 9.92. The van der Waals surface area contributed by atoms with E-state index in [1.807, 2.05) is 29.1 Å². The standard InChI is InChI=1S/C21H23N5O2/c1-13-14(2)24-25-21(28)19(13)20(27)23-17-9-6-10-18-16(17)11-22-26(18)12-15-7-4-3-5-8-15/h3-5,7-8,11,17H,6,9-10,12H2,1-2H3,(H,23,27)(H,25,28). The van der Waals surface area contributed by atoms with Crippen LogP contribution in [-0.2, 0) is 13.0 Å². The highest BCUT2D eigenvalue weighted by Crippen LogP contribution is 2.30. The van der Waals surface area contributed by atoms with Gasteiger partial charge in [0.1, 0.15) is 5.56 Å². The lowest BCUT2D eigenvalue weighted by Gasteiger charge is -2.24. The summed E-state index contributed by atoms with van der Waals surface area (Å²) in [4.78, 5) is 25.0. The number of rotatable bonds is 4. The molecule has 0 radical (unpaired) electrons. The smallest absolute Gasteiger partial charge is 0.277 e. The number of hydrogen-bond donors (Lipinski definition) is 2. The molecule has 0 bridgehead atoms. The summed E-state index contributed by atoms with van der Waals surface area (Å²) >= 11 is 0. The fraction of sp³-hybridized carbons (Fsp3) is 0.333. The number of aromatic nitrogens is 4. The van der Waals surface area contributed by atoms with Crippen LogP contribution in [0.3, 0.4) is 0 Å².